The minimum atomic E-state index is -0.468. The highest BCUT2D eigenvalue weighted by Gasteiger charge is 2.14. The van der Waals surface area contributed by atoms with Gasteiger partial charge in [-0.1, -0.05) is 6.07 Å². The van der Waals surface area contributed by atoms with E-state index in [2.05, 4.69) is 39.3 Å². The monoisotopic (exact) mass is 380 g/mol. The average molecular weight is 380 g/mol. The molecular formula is C21H24N4O3. The van der Waals surface area contributed by atoms with Crippen molar-refractivity contribution in [2.45, 2.75) is 12.8 Å². The van der Waals surface area contributed by atoms with Crippen LogP contribution >= 0.6 is 0 Å². The number of hydrogen-bond acceptors (Lipinski definition) is 5. The molecule has 0 radical (unpaired) electrons. The highest BCUT2D eigenvalue weighted by molar-refractivity contribution is 5.91. The van der Waals surface area contributed by atoms with Crippen LogP contribution in [-0.2, 0) is 11.2 Å². The Bertz CT molecular complexity index is 1010. The van der Waals surface area contributed by atoms with Gasteiger partial charge in [0.25, 0.3) is 0 Å². The molecule has 28 heavy (non-hydrogen) atoms. The van der Waals surface area contributed by atoms with Gasteiger partial charge >= 0.3 is 5.76 Å². The zero-order chi connectivity index (χ0) is 19.5. The molecule has 4 rings (SSSR count). The van der Waals surface area contributed by atoms with Crippen LogP contribution in [0.15, 0.2) is 51.7 Å². The molecule has 2 N–H and O–H groups in total. The van der Waals surface area contributed by atoms with Crippen LogP contribution in [0.25, 0.3) is 11.1 Å². The van der Waals surface area contributed by atoms with E-state index in [0.717, 1.165) is 37.4 Å². The van der Waals surface area contributed by atoms with Crippen molar-refractivity contribution in [3.8, 4) is 0 Å². The first-order valence-electron chi connectivity index (χ1n) is 9.52. The maximum absolute atomic E-state index is 12.3. The van der Waals surface area contributed by atoms with E-state index in [4.69, 9.17) is 4.42 Å². The van der Waals surface area contributed by atoms with E-state index in [0.29, 0.717) is 23.9 Å². The molecule has 3 aromatic rings. The van der Waals surface area contributed by atoms with Crippen LogP contribution in [0.3, 0.4) is 0 Å². The first kappa shape index (κ1) is 18.3. The fraction of sp³-hybridized carbons (Fsp3) is 0.333. The molecule has 0 saturated carbocycles. The first-order chi connectivity index (χ1) is 13.6. The number of oxazole rings is 1. The van der Waals surface area contributed by atoms with E-state index >= 15 is 0 Å². The van der Waals surface area contributed by atoms with Gasteiger partial charge in [-0.15, -0.1) is 0 Å². The van der Waals surface area contributed by atoms with E-state index in [1.54, 1.807) is 6.07 Å². The van der Waals surface area contributed by atoms with Gasteiger partial charge in [-0.25, -0.2) is 4.79 Å². The van der Waals surface area contributed by atoms with Crippen molar-refractivity contribution in [2.24, 2.45) is 0 Å². The van der Waals surface area contributed by atoms with E-state index in [9.17, 15) is 9.59 Å². The Morgan fingerprint density at radius 1 is 1.11 bits per heavy atom. The molecule has 1 aromatic heterocycles. The summed E-state index contributed by atoms with van der Waals surface area (Å²) in [6.07, 6.45) is 0.960. The predicted octanol–water partition coefficient (Wildman–Crippen LogP) is 2.44. The third kappa shape index (κ3) is 4.26. The molecule has 0 bridgehead atoms. The van der Waals surface area contributed by atoms with Gasteiger partial charge in [-0.2, -0.15) is 0 Å². The summed E-state index contributed by atoms with van der Waals surface area (Å²) in [7, 11) is 2.14. The van der Waals surface area contributed by atoms with E-state index in [1.165, 1.54) is 5.69 Å². The van der Waals surface area contributed by atoms with Crippen LogP contribution in [0.1, 0.15) is 12.0 Å². The van der Waals surface area contributed by atoms with Crippen LogP contribution in [0, 0.1) is 0 Å². The zero-order valence-corrected chi connectivity index (χ0v) is 15.9. The third-order valence-corrected chi connectivity index (χ3v) is 5.14. The fourth-order valence-corrected chi connectivity index (χ4v) is 3.46. The van der Waals surface area contributed by atoms with Gasteiger partial charge in [0.05, 0.1) is 5.52 Å². The third-order valence-electron chi connectivity index (χ3n) is 5.14. The lowest BCUT2D eigenvalue weighted by atomic mass is 10.1. The number of rotatable bonds is 5. The molecule has 2 heterocycles. The molecule has 0 atom stereocenters. The fourth-order valence-electron chi connectivity index (χ4n) is 3.46. The average Bonchev–Trinajstić information content (AvgIpc) is 3.07. The van der Waals surface area contributed by atoms with Gasteiger partial charge in [0.1, 0.15) is 0 Å². The summed E-state index contributed by atoms with van der Waals surface area (Å²) in [5.74, 6) is -0.502. The Hall–Kier alpha value is -3.06. The van der Waals surface area contributed by atoms with Crippen molar-refractivity contribution in [2.75, 3.05) is 43.4 Å². The molecule has 0 spiro atoms. The van der Waals surface area contributed by atoms with Crippen LogP contribution in [0.2, 0.25) is 0 Å². The minimum Gasteiger partial charge on any atom is -0.408 e. The summed E-state index contributed by atoms with van der Waals surface area (Å²) in [4.78, 5) is 30.8. The van der Waals surface area contributed by atoms with Gasteiger partial charge in [-0.3, -0.25) is 9.78 Å². The quantitative estimate of drug-likeness (QED) is 0.711. The van der Waals surface area contributed by atoms with Gasteiger partial charge < -0.3 is 19.5 Å². The number of piperazine rings is 1. The van der Waals surface area contributed by atoms with Crippen LogP contribution in [0.4, 0.5) is 11.4 Å². The highest BCUT2D eigenvalue weighted by atomic mass is 16.4. The number of anilines is 2. The Kier molecular flexibility index (Phi) is 5.16. The van der Waals surface area contributed by atoms with E-state index in [-0.39, 0.29) is 5.91 Å². The number of fused-ring (bicyclic) bond motifs is 1. The molecule has 1 aliphatic heterocycles. The lowest BCUT2D eigenvalue weighted by Crippen LogP contribution is -2.44. The molecule has 7 nitrogen and oxygen atoms in total. The van der Waals surface area contributed by atoms with Crippen LogP contribution in [0.5, 0.6) is 0 Å². The van der Waals surface area contributed by atoms with Crippen molar-refractivity contribution < 1.29 is 9.21 Å². The molecule has 1 aliphatic rings. The number of nitrogens with one attached hydrogen (secondary N) is 2. The smallest absolute Gasteiger partial charge is 0.408 e. The molecule has 1 amide bonds. The Morgan fingerprint density at radius 2 is 1.86 bits per heavy atom. The Labute approximate surface area is 162 Å². The molecular weight excluding hydrogens is 356 g/mol. The topological polar surface area (TPSA) is 81.6 Å². The molecule has 2 aromatic carbocycles. The number of benzene rings is 2. The highest BCUT2D eigenvalue weighted by Crippen LogP contribution is 2.20. The largest absolute Gasteiger partial charge is 0.417 e. The van der Waals surface area contributed by atoms with Gasteiger partial charge in [0, 0.05) is 44.0 Å². The second-order valence-corrected chi connectivity index (χ2v) is 7.23. The SMILES string of the molecule is CN1CCN(c2ccc(NC(=O)CCc3ccc4oc(=O)[nH]c4c3)cc2)CC1. The molecule has 1 fully saturated rings. The molecule has 1 saturated heterocycles. The summed E-state index contributed by atoms with van der Waals surface area (Å²) in [6, 6.07) is 13.5. The number of nitrogens with zero attached hydrogens (tertiary/aromatic N) is 2. The summed E-state index contributed by atoms with van der Waals surface area (Å²) in [6.45, 7) is 4.18. The second-order valence-electron chi connectivity index (χ2n) is 7.23. The predicted molar refractivity (Wildman–Crippen MR) is 110 cm³/mol. The number of aryl methyl sites for hydroxylation is 1. The van der Waals surface area contributed by atoms with Crippen molar-refractivity contribution in [3.63, 3.8) is 0 Å². The van der Waals surface area contributed by atoms with Crippen molar-refractivity contribution >= 4 is 28.4 Å². The van der Waals surface area contributed by atoms with E-state index in [1.807, 2.05) is 24.3 Å². The summed E-state index contributed by atoms with van der Waals surface area (Å²) < 4.78 is 4.99. The second kappa shape index (κ2) is 7.90. The Balaban J connectivity index is 1.31. The number of aromatic nitrogens is 1. The number of H-pyrrole nitrogens is 1. The Morgan fingerprint density at radius 3 is 2.61 bits per heavy atom. The van der Waals surface area contributed by atoms with Crippen LogP contribution < -0.4 is 16.0 Å². The number of aromatic amines is 1. The molecule has 0 unspecified atom stereocenters. The van der Waals surface area contributed by atoms with Gasteiger partial charge in [0.15, 0.2) is 5.58 Å². The lowest BCUT2D eigenvalue weighted by Gasteiger charge is -2.34. The van der Waals surface area contributed by atoms with E-state index < -0.39 is 5.76 Å². The lowest BCUT2D eigenvalue weighted by molar-refractivity contribution is -0.116. The summed E-state index contributed by atoms with van der Waals surface area (Å²) in [5.41, 5.74) is 4.15. The normalized spacial score (nSPS) is 15.1. The van der Waals surface area contributed by atoms with Crippen LogP contribution in [-0.4, -0.2) is 49.0 Å². The standard InChI is InChI=1S/C21H24N4O3/c1-24-10-12-25(13-11-24)17-6-4-16(5-7-17)22-20(26)9-3-15-2-8-19-18(14-15)23-21(27)28-19/h2,4-8,14H,3,9-13H2,1H3,(H,22,26)(H,23,27). The van der Waals surface area contributed by atoms with Gasteiger partial charge in [0.2, 0.25) is 5.91 Å². The van der Waals surface area contributed by atoms with Crippen molar-refractivity contribution in [1.29, 1.82) is 0 Å². The number of amides is 1. The number of carbonyl (C=O) groups excluding carboxylic acids is 1. The maximum atomic E-state index is 12.3. The molecule has 0 aliphatic carbocycles. The first-order valence-corrected chi connectivity index (χ1v) is 9.52. The van der Waals surface area contributed by atoms with Gasteiger partial charge in [-0.05, 0) is 55.4 Å². The van der Waals surface area contributed by atoms with Crippen molar-refractivity contribution in [1.82, 2.24) is 9.88 Å². The zero-order valence-electron chi connectivity index (χ0n) is 15.9. The maximum Gasteiger partial charge on any atom is 0.417 e. The summed E-state index contributed by atoms with van der Waals surface area (Å²) in [5, 5.41) is 2.95. The van der Waals surface area contributed by atoms with Crippen molar-refractivity contribution in [3.05, 3.63) is 58.6 Å². The minimum absolute atomic E-state index is 0.0341. The summed E-state index contributed by atoms with van der Waals surface area (Å²) >= 11 is 0. The number of carbonyl (C=O) groups is 1. The number of likely N-dealkylation sites (N-methyl/N-ethyl adjacent to an activating group) is 1. The number of hydrogen-bond donors (Lipinski definition) is 2. The molecule has 146 valence electrons. The molecule has 7 heteroatoms.